The van der Waals surface area contributed by atoms with E-state index in [1.807, 2.05) is 0 Å². The van der Waals surface area contributed by atoms with Gasteiger partial charge in [-0.05, 0) is 38.0 Å². The standard InChI is InChI=1S/C13H26N4/c1-11-5-4-9-17(10-8-11)13(16-14)15-12-6-2-3-7-12/h11-12H,2-10,14H2,1H3,(H,15,16). The molecule has 0 aromatic heterocycles. The molecule has 4 nitrogen and oxygen atoms in total. The molecule has 2 rings (SSSR count). The highest BCUT2D eigenvalue weighted by Gasteiger charge is 2.19. The summed E-state index contributed by atoms with van der Waals surface area (Å²) in [5, 5.41) is 0. The van der Waals surface area contributed by atoms with Crippen LogP contribution >= 0.6 is 0 Å². The van der Waals surface area contributed by atoms with Crippen molar-refractivity contribution in [3.8, 4) is 0 Å². The molecule has 1 saturated carbocycles. The topological polar surface area (TPSA) is 53.6 Å². The lowest BCUT2D eigenvalue weighted by Gasteiger charge is -2.24. The van der Waals surface area contributed by atoms with E-state index in [1.165, 1.54) is 44.9 Å². The molecule has 17 heavy (non-hydrogen) atoms. The summed E-state index contributed by atoms with van der Waals surface area (Å²) < 4.78 is 0. The summed E-state index contributed by atoms with van der Waals surface area (Å²) in [5.74, 6) is 7.41. The van der Waals surface area contributed by atoms with E-state index in [1.54, 1.807) is 0 Å². The number of nitrogens with one attached hydrogen (secondary N) is 1. The monoisotopic (exact) mass is 238 g/mol. The van der Waals surface area contributed by atoms with Gasteiger partial charge in [-0.15, -0.1) is 0 Å². The van der Waals surface area contributed by atoms with E-state index in [4.69, 9.17) is 10.8 Å². The molecule has 1 saturated heterocycles. The highest BCUT2D eigenvalue weighted by atomic mass is 15.4. The van der Waals surface area contributed by atoms with Crippen LogP contribution in [-0.4, -0.2) is 30.0 Å². The van der Waals surface area contributed by atoms with Crippen LogP contribution in [0.5, 0.6) is 0 Å². The number of hydrogen-bond acceptors (Lipinski definition) is 2. The van der Waals surface area contributed by atoms with Crippen LogP contribution in [0.2, 0.25) is 0 Å². The van der Waals surface area contributed by atoms with Gasteiger partial charge in [0, 0.05) is 13.1 Å². The number of likely N-dealkylation sites (tertiary alicyclic amines) is 1. The molecule has 1 unspecified atom stereocenters. The third-order valence-electron chi connectivity index (χ3n) is 4.07. The number of rotatable bonds is 1. The molecule has 1 atom stereocenters. The van der Waals surface area contributed by atoms with Gasteiger partial charge in [-0.3, -0.25) is 5.43 Å². The number of nitrogens with zero attached hydrogens (tertiary/aromatic N) is 2. The lowest BCUT2D eigenvalue weighted by molar-refractivity contribution is 0.406. The fourth-order valence-corrected chi connectivity index (χ4v) is 2.89. The predicted octanol–water partition coefficient (Wildman–Crippen LogP) is 1.87. The van der Waals surface area contributed by atoms with E-state index in [-0.39, 0.29) is 0 Å². The van der Waals surface area contributed by atoms with Crippen LogP contribution in [-0.2, 0) is 0 Å². The molecule has 1 aliphatic heterocycles. The molecule has 3 N–H and O–H groups in total. The zero-order valence-electron chi connectivity index (χ0n) is 11.0. The van der Waals surface area contributed by atoms with Crippen LogP contribution in [0.25, 0.3) is 0 Å². The van der Waals surface area contributed by atoms with Crippen molar-refractivity contribution in [1.29, 1.82) is 0 Å². The molecule has 0 bridgehead atoms. The fourth-order valence-electron chi connectivity index (χ4n) is 2.89. The first-order valence-corrected chi connectivity index (χ1v) is 7.09. The summed E-state index contributed by atoms with van der Waals surface area (Å²) in [7, 11) is 0. The van der Waals surface area contributed by atoms with E-state index in [2.05, 4.69) is 17.2 Å². The van der Waals surface area contributed by atoms with Gasteiger partial charge in [0.2, 0.25) is 5.96 Å². The molecule has 4 heteroatoms. The second-order valence-corrected chi connectivity index (χ2v) is 5.56. The third-order valence-corrected chi connectivity index (χ3v) is 4.07. The van der Waals surface area contributed by atoms with E-state index in [0.29, 0.717) is 6.04 Å². The second kappa shape index (κ2) is 6.24. The Morgan fingerprint density at radius 2 is 1.88 bits per heavy atom. The minimum Gasteiger partial charge on any atom is -0.342 e. The molecule has 2 aliphatic rings. The lowest BCUT2D eigenvalue weighted by Crippen LogP contribution is -2.45. The summed E-state index contributed by atoms with van der Waals surface area (Å²) in [5.41, 5.74) is 2.82. The summed E-state index contributed by atoms with van der Waals surface area (Å²) in [6.07, 6.45) is 8.95. The van der Waals surface area contributed by atoms with Crippen molar-refractivity contribution < 1.29 is 0 Å². The molecule has 98 valence electrons. The lowest BCUT2D eigenvalue weighted by atomic mass is 10.0. The third kappa shape index (κ3) is 3.60. The van der Waals surface area contributed by atoms with E-state index < -0.39 is 0 Å². The molecule has 0 aromatic rings. The van der Waals surface area contributed by atoms with Crippen molar-refractivity contribution in [1.82, 2.24) is 10.3 Å². The molecule has 1 aliphatic carbocycles. The Bertz CT molecular complexity index is 258. The zero-order valence-corrected chi connectivity index (χ0v) is 11.0. The summed E-state index contributed by atoms with van der Waals surface area (Å²) in [6, 6.07) is 0.502. The van der Waals surface area contributed by atoms with E-state index >= 15 is 0 Å². The van der Waals surface area contributed by atoms with Crippen LogP contribution in [0, 0.1) is 5.92 Å². The molecular formula is C13H26N4. The van der Waals surface area contributed by atoms with Gasteiger partial charge in [0.25, 0.3) is 0 Å². The Morgan fingerprint density at radius 1 is 1.12 bits per heavy atom. The Hall–Kier alpha value is -0.770. The van der Waals surface area contributed by atoms with Crippen molar-refractivity contribution in [3.05, 3.63) is 0 Å². The van der Waals surface area contributed by atoms with E-state index in [0.717, 1.165) is 25.0 Å². The van der Waals surface area contributed by atoms with Crippen molar-refractivity contribution in [3.63, 3.8) is 0 Å². The van der Waals surface area contributed by atoms with E-state index in [9.17, 15) is 0 Å². The number of hydrazine groups is 1. The van der Waals surface area contributed by atoms with Crippen molar-refractivity contribution in [2.24, 2.45) is 16.8 Å². The van der Waals surface area contributed by atoms with Gasteiger partial charge in [-0.2, -0.15) is 0 Å². The first-order chi connectivity index (χ1) is 8.29. The van der Waals surface area contributed by atoms with Crippen LogP contribution < -0.4 is 11.3 Å². The highest BCUT2D eigenvalue weighted by Crippen LogP contribution is 2.22. The molecule has 0 aromatic carbocycles. The summed E-state index contributed by atoms with van der Waals surface area (Å²) in [4.78, 5) is 7.13. The van der Waals surface area contributed by atoms with Gasteiger partial charge < -0.3 is 4.90 Å². The van der Waals surface area contributed by atoms with Gasteiger partial charge in [0.05, 0.1) is 6.04 Å². The normalized spacial score (nSPS) is 28.2. The molecule has 1 heterocycles. The Morgan fingerprint density at radius 3 is 2.59 bits per heavy atom. The molecule has 0 amide bonds. The maximum atomic E-state index is 5.64. The van der Waals surface area contributed by atoms with Crippen LogP contribution in [0.4, 0.5) is 0 Å². The molecule has 2 fully saturated rings. The second-order valence-electron chi connectivity index (χ2n) is 5.56. The highest BCUT2D eigenvalue weighted by molar-refractivity contribution is 5.79. The zero-order chi connectivity index (χ0) is 12.1. The van der Waals surface area contributed by atoms with Gasteiger partial charge in [-0.1, -0.05) is 19.8 Å². The average molecular weight is 238 g/mol. The van der Waals surface area contributed by atoms with Crippen LogP contribution in [0.15, 0.2) is 4.99 Å². The smallest absolute Gasteiger partial charge is 0.208 e. The largest absolute Gasteiger partial charge is 0.342 e. The average Bonchev–Trinajstić information content (AvgIpc) is 2.75. The molecule has 0 spiro atoms. The van der Waals surface area contributed by atoms with Gasteiger partial charge >= 0.3 is 0 Å². The van der Waals surface area contributed by atoms with Crippen molar-refractivity contribution in [2.45, 2.75) is 57.9 Å². The summed E-state index contributed by atoms with van der Waals surface area (Å²) >= 11 is 0. The summed E-state index contributed by atoms with van der Waals surface area (Å²) in [6.45, 7) is 4.53. The van der Waals surface area contributed by atoms with Crippen LogP contribution in [0.3, 0.4) is 0 Å². The van der Waals surface area contributed by atoms with Crippen molar-refractivity contribution in [2.75, 3.05) is 13.1 Å². The number of hydrogen-bond donors (Lipinski definition) is 2. The first kappa shape index (κ1) is 12.7. The molecule has 0 radical (unpaired) electrons. The van der Waals surface area contributed by atoms with Gasteiger partial charge in [-0.25, -0.2) is 10.8 Å². The van der Waals surface area contributed by atoms with Gasteiger partial charge in [0.15, 0.2) is 0 Å². The minimum atomic E-state index is 0.502. The number of aliphatic imine (C=N–C) groups is 1. The first-order valence-electron chi connectivity index (χ1n) is 7.09. The maximum absolute atomic E-state index is 5.64. The SMILES string of the molecule is CC1CCCN(C(=NC2CCCC2)NN)CC1. The molecular weight excluding hydrogens is 212 g/mol. The Labute approximate surface area is 105 Å². The fraction of sp³-hybridized carbons (Fsp3) is 0.923. The predicted molar refractivity (Wildman–Crippen MR) is 71.6 cm³/mol. The van der Waals surface area contributed by atoms with Gasteiger partial charge in [0.1, 0.15) is 0 Å². The van der Waals surface area contributed by atoms with Crippen LogP contribution in [0.1, 0.15) is 51.9 Å². The minimum absolute atomic E-state index is 0.502. The quantitative estimate of drug-likeness (QED) is 0.317. The Balaban J connectivity index is 1.96. The number of nitrogens with two attached hydrogens (primary N) is 1. The number of guanidine groups is 1. The maximum Gasteiger partial charge on any atom is 0.208 e. The Kier molecular flexibility index (Phi) is 4.66. The van der Waals surface area contributed by atoms with Crippen molar-refractivity contribution >= 4 is 5.96 Å².